The fourth-order valence-electron chi connectivity index (χ4n) is 3.26. The molecule has 2 aromatic carbocycles. The second kappa shape index (κ2) is 8.36. The van der Waals surface area contributed by atoms with Gasteiger partial charge in [0.05, 0.1) is 12.2 Å². The normalized spacial score (nSPS) is 14.8. The van der Waals surface area contributed by atoms with Gasteiger partial charge in [-0.3, -0.25) is 4.90 Å². The van der Waals surface area contributed by atoms with Crippen LogP contribution in [0.3, 0.4) is 0 Å². The number of carbonyl (C=O) groups is 1. The molecule has 9 heteroatoms. The summed E-state index contributed by atoms with van der Waals surface area (Å²) in [5, 5.41) is 14.7. The molecule has 1 aromatic heterocycles. The van der Waals surface area contributed by atoms with Gasteiger partial charge in [-0.25, -0.2) is 9.18 Å². The largest absolute Gasteiger partial charge is 0.322 e. The maximum absolute atomic E-state index is 13.5. The van der Waals surface area contributed by atoms with E-state index in [1.807, 2.05) is 31.2 Å². The number of nitrogens with zero attached hydrogens (tertiary/aromatic N) is 6. The van der Waals surface area contributed by atoms with Gasteiger partial charge in [-0.05, 0) is 47.7 Å². The van der Waals surface area contributed by atoms with E-state index in [-0.39, 0.29) is 11.8 Å². The molecule has 1 aliphatic rings. The van der Waals surface area contributed by atoms with Crippen LogP contribution >= 0.6 is 0 Å². The number of benzene rings is 2. The van der Waals surface area contributed by atoms with Gasteiger partial charge in [-0.1, -0.05) is 23.8 Å². The first-order valence-corrected chi connectivity index (χ1v) is 9.46. The second-order valence-corrected chi connectivity index (χ2v) is 7.05. The van der Waals surface area contributed by atoms with Crippen molar-refractivity contribution in [1.29, 1.82) is 0 Å². The molecule has 2 heterocycles. The number of amides is 2. The van der Waals surface area contributed by atoms with Gasteiger partial charge in [0.25, 0.3) is 0 Å². The van der Waals surface area contributed by atoms with E-state index in [4.69, 9.17) is 0 Å². The predicted octanol–water partition coefficient (Wildman–Crippen LogP) is 2.46. The van der Waals surface area contributed by atoms with Gasteiger partial charge in [-0.15, -0.1) is 5.10 Å². The Bertz CT molecular complexity index is 981. The third kappa shape index (κ3) is 4.57. The van der Waals surface area contributed by atoms with Crippen LogP contribution in [0.25, 0.3) is 5.69 Å². The Morgan fingerprint density at radius 3 is 2.59 bits per heavy atom. The van der Waals surface area contributed by atoms with Crippen LogP contribution in [-0.2, 0) is 6.54 Å². The molecule has 0 saturated carbocycles. The molecule has 3 aromatic rings. The molecule has 0 atom stereocenters. The minimum atomic E-state index is -0.336. The van der Waals surface area contributed by atoms with Crippen molar-refractivity contribution in [2.75, 3.05) is 31.5 Å². The number of halogens is 1. The summed E-state index contributed by atoms with van der Waals surface area (Å²) in [6, 6.07) is 13.8. The summed E-state index contributed by atoms with van der Waals surface area (Å²) in [5.41, 5.74) is 2.52. The highest BCUT2D eigenvalue weighted by Crippen LogP contribution is 2.14. The van der Waals surface area contributed by atoms with Crippen molar-refractivity contribution in [1.82, 2.24) is 30.0 Å². The molecule has 1 saturated heterocycles. The minimum absolute atomic E-state index is 0.0990. The van der Waals surface area contributed by atoms with Gasteiger partial charge in [0.1, 0.15) is 5.82 Å². The van der Waals surface area contributed by atoms with Crippen molar-refractivity contribution in [3.8, 4) is 5.69 Å². The predicted molar refractivity (Wildman–Crippen MR) is 106 cm³/mol. The first kappa shape index (κ1) is 19.0. The van der Waals surface area contributed by atoms with Crippen LogP contribution in [0, 0.1) is 12.7 Å². The zero-order chi connectivity index (χ0) is 20.2. The summed E-state index contributed by atoms with van der Waals surface area (Å²) in [4.78, 5) is 16.4. The van der Waals surface area contributed by atoms with Crippen LogP contribution in [0.5, 0.6) is 0 Å². The molecule has 0 bridgehead atoms. The summed E-state index contributed by atoms with van der Waals surface area (Å²) in [6.45, 7) is 5.17. The first-order chi connectivity index (χ1) is 14.1. The number of hydrogen-bond donors (Lipinski definition) is 1. The Kier molecular flexibility index (Phi) is 5.48. The lowest BCUT2D eigenvalue weighted by molar-refractivity contribution is 0.140. The molecular formula is C20H22FN7O. The summed E-state index contributed by atoms with van der Waals surface area (Å²) >= 11 is 0. The molecule has 0 spiro atoms. The molecule has 2 amide bonds. The molecule has 0 unspecified atom stereocenters. The van der Waals surface area contributed by atoms with E-state index in [2.05, 4.69) is 25.7 Å². The molecule has 0 radical (unpaired) electrons. The van der Waals surface area contributed by atoms with E-state index < -0.39 is 0 Å². The Morgan fingerprint density at radius 1 is 1.10 bits per heavy atom. The van der Waals surface area contributed by atoms with Crippen LogP contribution < -0.4 is 5.32 Å². The highest BCUT2D eigenvalue weighted by Gasteiger charge is 2.23. The Labute approximate surface area is 167 Å². The van der Waals surface area contributed by atoms with Gasteiger partial charge in [0.15, 0.2) is 5.82 Å². The number of urea groups is 1. The number of nitrogens with one attached hydrogen (secondary N) is 1. The highest BCUT2D eigenvalue weighted by molar-refractivity contribution is 5.89. The van der Waals surface area contributed by atoms with Crippen molar-refractivity contribution >= 4 is 11.7 Å². The number of anilines is 1. The van der Waals surface area contributed by atoms with Crippen molar-refractivity contribution in [3.63, 3.8) is 0 Å². The maximum Gasteiger partial charge on any atom is 0.321 e. The quantitative estimate of drug-likeness (QED) is 0.734. The van der Waals surface area contributed by atoms with Gasteiger partial charge >= 0.3 is 6.03 Å². The summed E-state index contributed by atoms with van der Waals surface area (Å²) in [6.07, 6.45) is 0. The van der Waals surface area contributed by atoms with Crippen molar-refractivity contribution < 1.29 is 9.18 Å². The molecule has 1 fully saturated rings. The zero-order valence-corrected chi connectivity index (χ0v) is 16.1. The Morgan fingerprint density at radius 2 is 1.86 bits per heavy atom. The first-order valence-electron chi connectivity index (χ1n) is 9.46. The molecule has 150 valence electrons. The molecule has 1 aliphatic heterocycles. The lowest BCUT2D eigenvalue weighted by atomic mass is 10.2. The van der Waals surface area contributed by atoms with Crippen LogP contribution in [0.1, 0.15) is 11.4 Å². The standard InChI is InChI=1S/C20H22FN7O/c1-15-5-7-17(8-6-15)22-20(29)27-11-9-26(10-12-27)14-19-23-24-25-28(19)18-4-2-3-16(21)13-18/h2-8,13H,9-12,14H2,1H3,(H,22,29). The molecule has 4 rings (SSSR count). The maximum atomic E-state index is 13.5. The molecule has 0 aliphatic carbocycles. The summed E-state index contributed by atoms with van der Waals surface area (Å²) in [7, 11) is 0. The fourth-order valence-corrected chi connectivity index (χ4v) is 3.26. The summed E-state index contributed by atoms with van der Waals surface area (Å²) in [5.74, 6) is 0.297. The number of aromatic nitrogens is 4. The topological polar surface area (TPSA) is 79.2 Å². The average molecular weight is 395 g/mol. The fraction of sp³-hybridized carbons (Fsp3) is 0.300. The minimum Gasteiger partial charge on any atom is -0.322 e. The van der Waals surface area contributed by atoms with Crippen LogP contribution in [0.4, 0.5) is 14.9 Å². The SMILES string of the molecule is Cc1ccc(NC(=O)N2CCN(Cc3nnnn3-c3cccc(F)c3)CC2)cc1. The molecule has 29 heavy (non-hydrogen) atoms. The lowest BCUT2D eigenvalue weighted by Crippen LogP contribution is -2.49. The van der Waals surface area contributed by atoms with Gasteiger partial charge in [0, 0.05) is 31.9 Å². The van der Waals surface area contributed by atoms with E-state index in [1.165, 1.54) is 12.1 Å². The van der Waals surface area contributed by atoms with Gasteiger partial charge < -0.3 is 10.2 Å². The van der Waals surface area contributed by atoms with Crippen molar-refractivity contribution in [3.05, 3.63) is 65.7 Å². The van der Waals surface area contributed by atoms with Crippen LogP contribution in [-0.4, -0.2) is 62.2 Å². The summed E-state index contributed by atoms with van der Waals surface area (Å²) < 4.78 is 15.0. The Balaban J connectivity index is 1.33. The number of rotatable bonds is 4. The van der Waals surface area contributed by atoms with E-state index in [0.717, 1.165) is 11.3 Å². The number of piperazine rings is 1. The van der Waals surface area contributed by atoms with E-state index in [0.29, 0.717) is 44.2 Å². The van der Waals surface area contributed by atoms with Crippen LogP contribution in [0.15, 0.2) is 48.5 Å². The van der Waals surface area contributed by atoms with Crippen molar-refractivity contribution in [2.24, 2.45) is 0 Å². The smallest absolute Gasteiger partial charge is 0.321 e. The van der Waals surface area contributed by atoms with Crippen molar-refractivity contribution in [2.45, 2.75) is 13.5 Å². The molecule has 1 N–H and O–H groups in total. The van der Waals surface area contributed by atoms with Crippen LogP contribution in [0.2, 0.25) is 0 Å². The van der Waals surface area contributed by atoms with Gasteiger partial charge in [-0.2, -0.15) is 4.68 Å². The Hall–Kier alpha value is -3.33. The molecule has 8 nitrogen and oxygen atoms in total. The third-order valence-corrected chi connectivity index (χ3v) is 4.91. The zero-order valence-electron chi connectivity index (χ0n) is 16.1. The number of carbonyl (C=O) groups excluding carboxylic acids is 1. The average Bonchev–Trinajstić information content (AvgIpc) is 3.18. The highest BCUT2D eigenvalue weighted by atomic mass is 19.1. The van der Waals surface area contributed by atoms with E-state index >= 15 is 0 Å². The number of tetrazole rings is 1. The number of aryl methyl sites for hydroxylation is 1. The van der Waals surface area contributed by atoms with Gasteiger partial charge in [0.2, 0.25) is 0 Å². The molecular weight excluding hydrogens is 373 g/mol. The second-order valence-electron chi connectivity index (χ2n) is 7.05. The monoisotopic (exact) mass is 395 g/mol. The lowest BCUT2D eigenvalue weighted by Gasteiger charge is -2.34. The third-order valence-electron chi connectivity index (χ3n) is 4.91. The van der Waals surface area contributed by atoms with E-state index in [9.17, 15) is 9.18 Å². The van der Waals surface area contributed by atoms with E-state index in [1.54, 1.807) is 21.7 Å². The number of hydrogen-bond acceptors (Lipinski definition) is 5.